The molecule has 1 saturated carbocycles. The molecule has 0 aromatic heterocycles. The molecule has 1 aromatic rings. The van der Waals surface area contributed by atoms with Crippen molar-refractivity contribution in [3.05, 3.63) is 35.4 Å². The van der Waals surface area contributed by atoms with Crippen LogP contribution in [0.25, 0.3) is 0 Å². The fraction of sp³-hybridized carbons (Fsp3) is 0.571. The number of hydrogen-bond donors (Lipinski definition) is 1. The van der Waals surface area contributed by atoms with Crippen LogP contribution in [0.15, 0.2) is 24.3 Å². The average molecular weight is 221 g/mol. The van der Waals surface area contributed by atoms with Gasteiger partial charge in [0.2, 0.25) is 0 Å². The van der Waals surface area contributed by atoms with E-state index in [0.29, 0.717) is 12.8 Å². The Balaban J connectivity index is 2.20. The molecule has 0 aliphatic heterocycles. The zero-order chi connectivity index (χ0) is 12.0. The summed E-state index contributed by atoms with van der Waals surface area (Å²) in [6.45, 7) is 6.48. The lowest BCUT2D eigenvalue weighted by Crippen LogP contribution is -2.46. The molecule has 0 heterocycles. The lowest BCUT2D eigenvalue weighted by molar-refractivity contribution is 0.0405. The molecular formula is C14H20FN. The summed E-state index contributed by atoms with van der Waals surface area (Å²) in [7, 11) is 0. The lowest BCUT2D eigenvalue weighted by Gasteiger charge is -2.39. The van der Waals surface area contributed by atoms with Crippen LogP contribution in [0.2, 0.25) is 0 Å². The van der Waals surface area contributed by atoms with Crippen LogP contribution in [0.5, 0.6) is 0 Å². The van der Waals surface area contributed by atoms with Gasteiger partial charge in [0.15, 0.2) is 0 Å². The lowest BCUT2D eigenvalue weighted by atomic mass is 9.73. The highest BCUT2D eigenvalue weighted by Crippen LogP contribution is 2.44. The van der Waals surface area contributed by atoms with Crippen LogP contribution in [0.3, 0.4) is 0 Å². The third-order valence-corrected chi connectivity index (χ3v) is 3.44. The van der Waals surface area contributed by atoms with Gasteiger partial charge in [-0.25, -0.2) is 4.39 Å². The minimum Gasteiger partial charge on any atom is -0.327 e. The second kappa shape index (κ2) is 3.56. The maximum atomic E-state index is 14.2. The van der Waals surface area contributed by atoms with Crippen molar-refractivity contribution in [3.63, 3.8) is 0 Å². The fourth-order valence-corrected chi connectivity index (χ4v) is 2.28. The third kappa shape index (κ3) is 1.99. The smallest absolute Gasteiger partial charge is 0.139 e. The van der Waals surface area contributed by atoms with E-state index < -0.39 is 5.67 Å². The molecule has 1 aliphatic rings. The summed E-state index contributed by atoms with van der Waals surface area (Å²) in [5.74, 6) is 0. The quantitative estimate of drug-likeness (QED) is 0.774. The van der Waals surface area contributed by atoms with Gasteiger partial charge in [-0.15, -0.1) is 0 Å². The van der Waals surface area contributed by atoms with E-state index in [1.54, 1.807) is 0 Å². The van der Waals surface area contributed by atoms with Gasteiger partial charge in [-0.1, -0.05) is 45.0 Å². The van der Waals surface area contributed by atoms with Crippen LogP contribution in [-0.2, 0) is 11.1 Å². The van der Waals surface area contributed by atoms with E-state index in [0.717, 1.165) is 5.56 Å². The van der Waals surface area contributed by atoms with Crippen molar-refractivity contribution in [2.24, 2.45) is 5.73 Å². The number of hydrogen-bond acceptors (Lipinski definition) is 1. The Kier molecular flexibility index (Phi) is 2.58. The Morgan fingerprint density at radius 1 is 1.19 bits per heavy atom. The SMILES string of the molecule is CC(C)(C)c1ccc(C2(F)CC(N)C2)cc1. The van der Waals surface area contributed by atoms with E-state index in [-0.39, 0.29) is 11.5 Å². The molecule has 0 unspecified atom stereocenters. The molecule has 0 radical (unpaired) electrons. The highest BCUT2D eigenvalue weighted by atomic mass is 19.1. The molecule has 88 valence electrons. The largest absolute Gasteiger partial charge is 0.327 e. The van der Waals surface area contributed by atoms with Gasteiger partial charge in [-0.05, 0) is 16.5 Å². The Morgan fingerprint density at radius 2 is 1.69 bits per heavy atom. The highest BCUT2D eigenvalue weighted by molar-refractivity contribution is 5.32. The van der Waals surface area contributed by atoms with Crippen molar-refractivity contribution in [2.45, 2.75) is 50.7 Å². The number of benzene rings is 1. The number of nitrogens with two attached hydrogens (primary N) is 1. The van der Waals surface area contributed by atoms with Crippen molar-refractivity contribution >= 4 is 0 Å². The molecule has 1 nitrogen and oxygen atoms in total. The zero-order valence-electron chi connectivity index (χ0n) is 10.3. The van der Waals surface area contributed by atoms with E-state index in [9.17, 15) is 4.39 Å². The van der Waals surface area contributed by atoms with Gasteiger partial charge < -0.3 is 5.73 Å². The molecule has 0 amide bonds. The average Bonchev–Trinajstić information content (AvgIpc) is 2.14. The molecule has 16 heavy (non-hydrogen) atoms. The second-order valence-corrected chi connectivity index (χ2v) is 5.96. The van der Waals surface area contributed by atoms with Gasteiger partial charge in [0.05, 0.1) is 0 Å². The summed E-state index contributed by atoms with van der Waals surface area (Å²) in [5, 5.41) is 0. The minimum atomic E-state index is -1.17. The van der Waals surface area contributed by atoms with Gasteiger partial charge in [0.1, 0.15) is 5.67 Å². The van der Waals surface area contributed by atoms with Gasteiger partial charge in [-0.3, -0.25) is 0 Å². The van der Waals surface area contributed by atoms with E-state index >= 15 is 0 Å². The first-order valence-corrected chi connectivity index (χ1v) is 5.87. The van der Waals surface area contributed by atoms with Crippen LogP contribution in [0.1, 0.15) is 44.7 Å². The summed E-state index contributed by atoms with van der Waals surface area (Å²) < 4.78 is 14.2. The van der Waals surface area contributed by atoms with Gasteiger partial charge in [-0.2, -0.15) is 0 Å². The molecule has 2 N–H and O–H groups in total. The number of rotatable bonds is 1. The van der Waals surface area contributed by atoms with Crippen molar-refractivity contribution in [1.29, 1.82) is 0 Å². The molecule has 0 atom stereocenters. The molecule has 0 spiro atoms. The van der Waals surface area contributed by atoms with Crippen LogP contribution in [0, 0.1) is 0 Å². The van der Waals surface area contributed by atoms with Gasteiger partial charge in [0.25, 0.3) is 0 Å². The maximum Gasteiger partial charge on any atom is 0.139 e. The topological polar surface area (TPSA) is 26.0 Å². The van der Waals surface area contributed by atoms with Crippen molar-refractivity contribution in [1.82, 2.24) is 0 Å². The maximum absolute atomic E-state index is 14.2. The molecule has 2 rings (SSSR count). The predicted octanol–water partition coefficient (Wildman–Crippen LogP) is 3.27. The van der Waals surface area contributed by atoms with Crippen molar-refractivity contribution < 1.29 is 4.39 Å². The first-order chi connectivity index (χ1) is 7.31. The molecule has 1 fully saturated rings. The molecule has 1 aliphatic carbocycles. The first kappa shape index (κ1) is 11.6. The van der Waals surface area contributed by atoms with Crippen LogP contribution < -0.4 is 5.73 Å². The Morgan fingerprint density at radius 3 is 2.06 bits per heavy atom. The van der Waals surface area contributed by atoms with Crippen LogP contribution in [0.4, 0.5) is 4.39 Å². The monoisotopic (exact) mass is 221 g/mol. The predicted molar refractivity (Wildman–Crippen MR) is 65.1 cm³/mol. The number of alkyl halides is 1. The summed E-state index contributed by atoms with van der Waals surface area (Å²) in [6.07, 6.45) is 0.920. The highest BCUT2D eigenvalue weighted by Gasteiger charge is 2.44. The molecule has 0 bridgehead atoms. The third-order valence-electron chi connectivity index (χ3n) is 3.44. The minimum absolute atomic E-state index is 0.0345. The second-order valence-electron chi connectivity index (χ2n) is 5.96. The van der Waals surface area contributed by atoms with Gasteiger partial charge >= 0.3 is 0 Å². The Hall–Kier alpha value is -0.890. The molecule has 2 heteroatoms. The van der Waals surface area contributed by atoms with E-state index in [2.05, 4.69) is 20.8 Å². The molecular weight excluding hydrogens is 201 g/mol. The summed E-state index contributed by atoms with van der Waals surface area (Å²) >= 11 is 0. The van der Waals surface area contributed by atoms with Crippen LogP contribution >= 0.6 is 0 Å². The van der Waals surface area contributed by atoms with Crippen molar-refractivity contribution in [2.75, 3.05) is 0 Å². The number of halogens is 1. The Labute approximate surface area is 96.9 Å². The summed E-state index contributed by atoms with van der Waals surface area (Å²) in [6, 6.07) is 7.91. The standard InChI is InChI=1S/C14H20FN/c1-13(2,3)10-4-6-11(7-5-10)14(15)8-12(16)9-14/h4-7,12H,8-9,16H2,1-3H3. The zero-order valence-corrected chi connectivity index (χ0v) is 10.3. The van der Waals surface area contributed by atoms with E-state index in [1.165, 1.54) is 5.56 Å². The van der Waals surface area contributed by atoms with Gasteiger partial charge in [0, 0.05) is 18.9 Å². The van der Waals surface area contributed by atoms with Crippen LogP contribution in [-0.4, -0.2) is 6.04 Å². The van der Waals surface area contributed by atoms with E-state index in [4.69, 9.17) is 5.73 Å². The van der Waals surface area contributed by atoms with E-state index in [1.807, 2.05) is 24.3 Å². The molecule has 1 aromatic carbocycles. The first-order valence-electron chi connectivity index (χ1n) is 5.87. The molecule has 0 saturated heterocycles. The normalized spacial score (nSPS) is 29.9. The summed E-state index contributed by atoms with van der Waals surface area (Å²) in [5.41, 5.74) is 6.62. The Bertz CT molecular complexity index is 369. The summed E-state index contributed by atoms with van der Waals surface area (Å²) in [4.78, 5) is 0. The van der Waals surface area contributed by atoms with Crippen molar-refractivity contribution in [3.8, 4) is 0 Å². The fourth-order valence-electron chi connectivity index (χ4n) is 2.28.